The molecule has 0 aromatic heterocycles. The zero-order valence-corrected chi connectivity index (χ0v) is 9.91. The molecule has 1 aliphatic heterocycles. The van der Waals surface area contributed by atoms with Crippen molar-refractivity contribution < 1.29 is 4.74 Å². The smallest absolute Gasteiger partial charge is 0.123 e. The van der Waals surface area contributed by atoms with E-state index in [0.29, 0.717) is 0 Å². The molecule has 0 atom stereocenters. The van der Waals surface area contributed by atoms with Crippen LogP contribution in [0.3, 0.4) is 0 Å². The lowest BCUT2D eigenvalue weighted by molar-refractivity contribution is 0.247. The molecule has 0 spiro atoms. The van der Waals surface area contributed by atoms with Crippen molar-refractivity contribution in [1.29, 1.82) is 0 Å². The number of benzene rings is 1. The molecule has 3 heteroatoms. The van der Waals surface area contributed by atoms with E-state index >= 15 is 0 Å². The van der Waals surface area contributed by atoms with Crippen LogP contribution in [-0.2, 0) is 13.0 Å². The van der Waals surface area contributed by atoms with Crippen molar-refractivity contribution in [2.24, 2.45) is 5.73 Å². The monoisotopic (exact) mass is 220 g/mol. The number of ether oxygens (including phenoxy) is 1. The van der Waals surface area contributed by atoms with Crippen molar-refractivity contribution in [3.8, 4) is 5.75 Å². The van der Waals surface area contributed by atoms with Crippen LogP contribution in [0.4, 0.5) is 0 Å². The van der Waals surface area contributed by atoms with Gasteiger partial charge in [0.15, 0.2) is 0 Å². The Morgan fingerprint density at radius 1 is 1.44 bits per heavy atom. The Hall–Kier alpha value is -1.06. The molecule has 1 aromatic rings. The summed E-state index contributed by atoms with van der Waals surface area (Å²) in [6.45, 7) is 4.00. The Kier molecular flexibility index (Phi) is 3.80. The van der Waals surface area contributed by atoms with Crippen LogP contribution < -0.4 is 10.5 Å². The fourth-order valence-corrected chi connectivity index (χ4v) is 2.30. The van der Waals surface area contributed by atoms with E-state index in [1.54, 1.807) is 7.11 Å². The van der Waals surface area contributed by atoms with Gasteiger partial charge < -0.3 is 10.5 Å². The second kappa shape index (κ2) is 5.32. The first-order chi connectivity index (χ1) is 7.85. The van der Waals surface area contributed by atoms with Crippen LogP contribution in [0.25, 0.3) is 0 Å². The lowest BCUT2D eigenvalue weighted by Crippen LogP contribution is -2.32. The Morgan fingerprint density at radius 3 is 3.06 bits per heavy atom. The van der Waals surface area contributed by atoms with E-state index in [9.17, 15) is 0 Å². The molecule has 0 bridgehead atoms. The van der Waals surface area contributed by atoms with E-state index in [2.05, 4.69) is 17.0 Å². The van der Waals surface area contributed by atoms with Crippen LogP contribution >= 0.6 is 0 Å². The fraction of sp³-hybridized carbons (Fsp3) is 0.538. The summed E-state index contributed by atoms with van der Waals surface area (Å²) in [6.07, 6.45) is 2.20. The van der Waals surface area contributed by atoms with Crippen molar-refractivity contribution in [2.45, 2.75) is 19.4 Å². The summed E-state index contributed by atoms with van der Waals surface area (Å²) >= 11 is 0. The number of methoxy groups -OCH3 is 1. The Bertz CT molecular complexity index is 338. The minimum absolute atomic E-state index is 0.773. The zero-order chi connectivity index (χ0) is 11.4. The Labute approximate surface area is 97.2 Å². The summed E-state index contributed by atoms with van der Waals surface area (Å²) in [4.78, 5) is 2.46. The standard InChI is InChI=1S/C13H20N2O/c1-16-13-5-2-4-11-6-9-15(8-3-7-14)10-12(11)13/h2,4-5H,3,6-10,14H2,1H3. The maximum absolute atomic E-state index is 5.55. The van der Waals surface area contributed by atoms with Gasteiger partial charge in [-0.15, -0.1) is 0 Å². The molecule has 16 heavy (non-hydrogen) atoms. The van der Waals surface area contributed by atoms with Gasteiger partial charge in [0.25, 0.3) is 0 Å². The third-order valence-electron chi connectivity index (χ3n) is 3.21. The summed E-state index contributed by atoms with van der Waals surface area (Å²) in [5.74, 6) is 1.02. The summed E-state index contributed by atoms with van der Waals surface area (Å²) in [7, 11) is 1.74. The van der Waals surface area contributed by atoms with Gasteiger partial charge in [-0.1, -0.05) is 12.1 Å². The minimum Gasteiger partial charge on any atom is -0.496 e. The average Bonchev–Trinajstić information content (AvgIpc) is 2.35. The first-order valence-corrected chi connectivity index (χ1v) is 5.92. The minimum atomic E-state index is 0.773. The molecule has 88 valence electrons. The maximum Gasteiger partial charge on any atom is 0.123 e. The molecule has 2 N–H and O–H groups in total. The van der Waals surface area contributed by atoms with Gasteiger partial charge in [-0.3, -0.25) is 4.90 Å². The molecule has 0 amide bonds. The fourth-order valence-electron chi connectivity index (χ4n) is 2.30. The summed E-state index contributed by atoms with van der Waals surface area (Å²) in [5, 5.41) is 0. The molecule has 0 aliphatic carbocycles. The predicted octanol–water partition coefficient (Wildman–Crippen LogP) is 1.40. The first kappa shape index (κ1) is 11.4. The van der Waals surface area contributed by atoms with Gasteiger partial charge >= 0.3 is 0 Å². The predicted molar refractivity (Wildman–Crippen MR) is 65.6 cm³/mol. The van der Waals surface area contributed by atoms with E-state index in [-0.39, 0.29) is 0 Å². The average molecular weight is 220 g/mol. The van der Waals surface area contributed by atoms with Crippen LogP contribution in [0.5, 0.6) is 5.75 Å². The molecule has 0 fully saturated rings. The van der Waals surface area contributed by atoms with E-state index < -0.39 is 0 Å². The SMILES string of the molecule is COc1cccc2c1CN(CCCN)CC2. The summed E-state index contributed by atoms with van der Waals surface area (Å²) in [6, 6.07) is 6.33. The molecule has 2 rings (SSSR count). The quantitative estimate of drug-likeness (QED) is 0.833. The molecule has 3 nitrogen and oxygen atoms in total. The molecule has 1 aliphatic rings. The van der Waals surface area contributed by atoms with Crippen LogP contribution in [0.1, 0.15) is 17.5 Å². The van der Waals surface area contributed by atoms with Gasteiger partial charge in [0.05, 0.1) is 7.11 Å². The molecular weight excluding hydrogens is 200 g/mol. The topological polar surface area (TPSA) is 38.5 Å². The molecule has 0 radical (unpaired) electrons. The lowest BCUT2D eigenvalue weighted by atomic mass is 9.98. The van der Waals surface area contributed by atoms with Crippen LogP contribution in [-0.4, -0.2) is 31.6 Å². The van der Waals surface area contributed by atoms with E-state index in [1.165, 1.54) is 11.1 Å². The molecule has 1 heterocycles. The normalized spacial score (nSPS) is 15.9. The third-order valence-corrected chi connectivity index (χ3v) is 3.21. The molecular formula is C13H20N2O. The largest absolute Gasteiger partial charge is 0.496 e. The second-order valence-corrected chi connectivity index (χ2v) is 4.27. The van der Waals surface area contributed by atoms with E-state index in [1.807, 2.05) is 6.07 Å². The van der Waals surface area contributed by atoms with Crippen molar-refractivity contribution in [2.75, 3.05) is 26.7 Å². The first-order valence-electron chi connectivity index (χ1n) is 5.92. The van der Waals surface area contributed by atoms with Gasteiger partial charge in [0, 0.05) is 18.7 Å². The molecule has 1 aromatic carbocycles. The van der Waals surface area contributed by atoms with Crippen molar-refractivity contribution in [3.63, 3.8) is 0 Å². The number of nitrogens with zero attached hydrogens (tertiary/aromatic N) is 1. The highest BCUT2D eigenvalue weighted by atomic mass is 16.5. The van der Waals surface area contributed by atoms with E-state index in [4.69, 9.17) is 10.5 Å². The van der Waals surface area contributed by atoms with Gasteiger partial charge in [0.2, 0.25) is 0 Å². The lowest BCUT2D eigenvalue weighted by Gasteiger charge is -2.29. The number of fused-ring (bicyclic) bond motifs is 1. The van der Waals surface area contributed by atoms with Crippen molar-refractivity contribution >= 4 is 0 Å². The number of nitrogens with two attached hydrogens (primary N) is 1. The Morgan fingerprint density at radius 2 is 2.31 bits per heavy atom. The van der Waals surface area contributed by atoms with E-state index in [0.717, 1.165) is 44.8 Å². The Balaban J connectivity index is 2.11. The zero-order valence-electron chi connectivity index (χ0n) is 9.91. The number of rotatable bonds is 4. The summed E-state index contributed by atoms with van der Waals surface area (Å²) in [5.41, 5.74) is 8.33. The highest BCUT2D eigenvalue weighted by Crippen LogP contribution is 2.27. The van der Waals surface area contributed by atoms with Crippen LogP contribution in [0.15, 0.2) is 18.2 Å². The molecule has 0 saturated heterocycles. The highest BCUT2D eigenvalue weighted by Gasteiger charge is 2.18. The van der Waals surface area contributed by atoms with Gasteiger partial charge in [-0.05, 0) is 37.6 Å². The number of hydrogen-bond donors (Lipinski definition) is 1. The highest BCUT2D eigenvalue weighted by molar-refractivity contribution is 5.41. The molecule has 0 saturated carbocycles. The number of hydrogen-bond acceptors (Lipinski definition) is 3. The third kappa shape index (κ3) is 2.36. The molecule has 0 unspecified atom stereocenters. The summed E-state index contributed by atoms with van der Waals surface area (Å²) < 4.78 is 5.41. The van der Waals surface area contributed by atoms with Crippen LogP contribution in [0.2, 0.25) is 0 Å². The van der Waals surface area contributed by atoms with Crippen molar-refractivity contribution in [3.05, 3.63) is 29.3 Å². The van der Waals surface area contributed by atoms with Gasteiger partial charge in [-0.2, -0.15) is 0 Å². The van der Waals surface area contributed by atoms with Crippen LogP contribution in [0, 0.1) is 0 Å². The maximum atomic E-state index is 5.55. The van der Waals surface area contributed by atoms with Gasteiger partial charge in [0.1, 0.15) is 5.75 Å². The van der Waals surface area contributed by atoms with Gasteiger partial charge in [-0.25, -0.2) is 0 Å². The second-order valence-electron chi connectivity index (χ2n) is 4.27. The van der Waals surface area contributed by atoms with Crippen molar-refractivity contribution in [1.82, 2.24) is 4.90 Å².